The van der Waals surface area contributed by atoms with Crippen LogP contribution in [0.4, 0.5) is 0 Å². The van der Waals surface area contributed by atoms with E-state index in [-0.39, 0.29) is 26.4 Å². The second kappa shape index (κ2) is 18.2. The Kier molecular flexibility index (Phi) is 13.2. The summed E-state index contributed by atoms with van der Waals surface area (Å²) in [5.74, 6) is -3.49. The fourth-order valence-corrected chi connectivity index (χ4v) is 6.20. The van der Waals surface area contributed by atoms with Crippen LogP contribution in [0.25, 0.3) is 22.3 Å². The molecule has 1 aliphatic heterocycles. The molecule has 0 saturated carbocycles. The smallest absolute Gasteiger partial charge is 0.309 e. The minimum absolute atomic E-state index is 0.0330. The maximum Gasteiger partial charge on any atom is 0.309 e. The fourth-order valence-electron chi connectivity index (χ4n) is 6.20. The Hall–Kier alpha value is -5.40. The zero-order valence-corrected chi connectivity index (χ0v) is 29.6. The van der Waals surface area contributed by atoms with Crippen LogP contribution in [0, 0.1) is 0 Å². The zero-order chi connectivity index (χ0) is 37.0. The van der Waals surface area contributed by atoms with Crippen molar-refractivity contribution in [2.45, 2.75) is 24.2 Å². The van der Waals surface area contributed by atoms with E-state index in [1.54, 1.807) is 12.1 Å². The number of benzene rings is 4. The molecule has 5 rings (SSSR count). The lowest BCUT2D eigenvalue weighted by molar-refractivity contribution is -0.140. The largest absolute Gasteiger partial charge is 0.382 e. The minimum Gasteiger partial charge on any atom is -0.382 e. The van der Waals surface area contributed by atoms with Gasteiger partial charge in [-0.25, -0.2) is 0 Å². The number of ether oxygens (including phenoxy) is 4. The fraction of sp³-hybridized carbons (Fsp3) is 0.300. The van der Waals surface area contributed by atoms with Crippen molar-refractivity contribution in [3.8, 4) is 22.3 Å². The number of nitrogens with one attached hydrogen (secondary N) is 4. The molecule has 4 unspecified atom stereocenters. The third-order valence-electron chi connectivity index (χ3n) is 8.75. The van der Waals surface area contributed by atoms with Gasteiger partial charge in [0.25, 0.3) is 0 Å². The van der Waals surface area contributed by atoms with Crippen LogP contribution >= 0.6 is 0 Å². The zero-order valence-electron chi connectivity index (χ0n) is 29.6. The first-order chi connectivity index (χ1) is 25.2. The molecule has 4 amide bonds. The van der Waals surface area contributed by atoms with E-state index in [0.717, 1.165) is 22.3 Å². The molecule has 12 nitrogen and oxygen atoms in total. The molecule has 52 heavy (non-hydrogen) atoms. The lowest BCUT2D eigenvalue weighted by Gasteiger charge is -2.26. The van der Waals surface area contributed by atoms with Gasteiger partial charge in [0.15, 0.2) is 0 Å². The number of amides is 4. The summed E-state index contributed by atoms with van der Waals surface area (Å²) in [7, 11) is 5.98. The van der Waals surface area contributed by atoms with E-state index in [1.165, 1.54) is 28.4 Å². The van der Waals surface area contributed by atoms with E-state index in [9.17, 15) is 19.2 Å². The lowest BCUT2D eigenvalue weighted by atomic mass is 9.93. The maximum atomic E-state index is 13.6. The average molecular weight is 709 g/mol. The Morgan fingerprint density at radius 2 is 0.635 bits per heavy atom. The van der Waals surface area contributed by atoms with Crippen LogP contribution < -0.4 is 21.3 Å². The van der Waals surface area contributed by atoms with Crippen molar-refractivity contribution in [2.24, 2.45) is 0 Å². The van der Waals surface area contributed by atoms with Crippen LogP contribution in [-0.4, -0.2) is 78.5 Å². The molecule has 1 heterocycles. The highest BCUT2D eigenvalue weighted by atomic mass is 16.5. The Labute approximate surface area is 303 Å². The third-order valence-corrected chi connectivity index (χ3v) is 8.75. The lowest BCUT2D eigenvalue weighted by Crippen LogP contribution is -2.45. The van der Waals surface area contributed by atoms with E-state index in [2.05, 4.69) is 21.3 Å². The van der Waals surface area contributed by atoms with Crippen LogP contribution in [0.1, 0.15) is 46.4 Å². The standard InChI is InChI=1S/C40H44N4O8/c1-49-21-33-29-15-27(25-11-7-5-8-12-25)16-30(19-29)34(22-50-2)43-39(47)40(48)44-36(24-52-4)32-18-28(26-13-9-6-10-14-26)17-31(20-32)35(23-51-3)42-38(46)37(45)41-33/h5-20,33-36H,21-24H2,1-4H3,(H,41,45)(H,42,46)(H,43,47)(H,44,48). The number of fused-ring (bicyclic) bond motifs is 4. The Morgan fingerprint density at radius 3 is 0.865 bits per heavy atom. The highest BCUT2D eigenvalue weighted by Crippen LogP contribution is 2.31. The van der Waals surface area contributed by atoms with E-state index < -0.39 is 47.8 Å². The van der Waals surface area contributed by atoms with Crippen molar-refractivity contribution in [1.29, 1.82) is 0 Å². The Balaban J connectivity index is 1.65. The number of carbonyl (C=O) groups is 4. The quantitative estimate of drug-likeness (QED) is 0.181. The molecular formula is C40H44N4O8. The van der Waals surface area contributed by atoms with Crippen molar-refractivity contribution < 1.29 is 38.1 Å². The van der Waals surface area contributed by atoms with Gasteiger partial charge in [-0.3, -0.25) is 19.2 Å². The summed E-state index contributed by atoms with van der Waals surface area (Å²) in [4.78, 5) is 54.5. The van der Waals surface area contributed by atoms with Gasteiger partial charge in [-0.1, -0.05) is 72.8 Å². The summed E-state index contributed by atoms with van der Waals surface area (Å²) in [6, 6.07) is 27.2. The molecular weight excluding hydrogens is 664 g/mol. The molecule has 4 atom stereocenters. The number of rotatable bonds is 10. The Morgan fingerprint density at radius 1 is 0.385 bits per heavy atom. The molecule has 0 saturated heterocycles. The van der Waals surface area contributed by atoms with E-state index >= 15 is 0 Å². The van der Waals surface area contributed by atoms with Crippen molar-refractivity contribution in [2.75, 3.05) is 54.9 Å². The summed E-state index contributed by atoms with van der Waals surface area (Å²) in [5, 5.41) is 11.3. The normalized spacial score (nSPS) is 19.8. The van der Waals surface area contributed by atoms with E-state index in [1.807, 2.05) is 84.9 Å². The van der Waals surface area contributed by atoms with E-state index in [4.69, 9.17) is 18.9 Å². The van der Waals surface area contributed by atoms with Gasteiger partial charge >= 0.3 is 23.6 Å². The summed E-state index contributed by atoms with van der Waals surface area (Å²) in [5.41, 5.74) is 5.71. The minimum atomic E-state index is -0.873. The molecule has 272 valence electrons. The molecule has 0 fully saturated rings. The maximum absolute atomic E-state index is 13.6. The molecule has 4 aromatic rings. The summed E-state index contributed by atoms with van der Waals surface area (Å²) < 4.78 is 22.0. The molecule has 4 bridgehead atoms. The summed E-state index contributed by atoms with van der Waals surface area (Å²) in [6.45, 7) is 0.132. The number of carbonyl (C=O) groups excluding carboxylic acids is 4. The third kappa shape index (κ3) is 9.47. The van der Waals surface area contributed by atoms with Gasteiger partial charge in [-0.2, -0.15) is 0 Å². The van der Waals surface area contributed by atoms with Crippen LogP contribution in [0.3, 0.4) is 0 Å². The van der Waals surface area contributed by atoms with Crippen LogP contribution in [0.2, 0.25) is 0 Å². The molecule has 1 aliphatic rings. The first kappa shape index (κ1) is 37.8. The molecule has 4 aromatic carbocycles. The van der Waals surface area contributed by atoms with Crippen LogP contribution in [0.15, 0.2) is 97.1 Å². The second-order valence-electron chi connectivity index (χ2n) is 12.4. The monoisotopic (exact) mass is 708 g/mol. The molecule has 0 aliphatic carbocycles. The summed E-state index contributed by atoms with van der Waals surface area (Å²) >= 11 is 0. The molecule has 4 N–H and O–H groups in total. The predicted octanol–water partition coefficient (Wildman–Crippen LogP) is 3.95. The Bertz CT molecular complexity index is 1630. The first-order valence-electron chi connectivity index (χ1n) is 16.8. The number of methoxy groups -OCH3 is 4. The number of hydrogen-bond acceptors (Lipinski definition) is 8. The van der Waals surface area contributed by atoms with E-state index in [0.29, 0.717) is 22.3 Å². The topological polar surface area (TPSA) is 153 Å². The SMILES string of the molecule is COCC1NC(=O)C(=O)NC(COC)c2cc(-c3ccccc3)cc(c2)C(COC)NC(=O)C(=O)NC(COC)c2cc(-c3ccccc3)cc1c2. The van der Waals surface area contributed by atoms with Gasteiger partial charge in [-0.15, -0.1) is 0 Å². The van der Waals surface area contributed by atoms with Crippen molar-refractivity contribution in [3.05, 3.63) is 119 Å². The highest BCUT2D eigenvalue weighted by molar-refractivity contribution is 6.35. The summed E-state index contributed by atoms with van der Waals surface area (Å²) in [6.07, 6.45) is 0. The van der Waals surface area contributed by atoms with Gasteiger partial charge in [0.05, 0.1) is 50.6 Å². The van der Waals surface area contributed by atoms with Crippen molar-refractivity contribution in [1.82, 2.24) is 21.3 Å². The van der Waals surface area contributed by atoms with Gasteiger partial charge in [0.2, 0.25) is 0 Å². The molecule has 0 radical (unpaired) electrons. The van der Waals surface area contributed by atoms with Crippen molar-refractivity contribution in [3.63, 3.8) is 0 Å². The first-order valence-corrected chi connectivity index (χ1v) is 16.8. The molecule has 0 spiro atoms. The molecule has 0 aromatic heterocycles. The highest BCUT2D eigenvalue weighted by Gasteiger charge is 2.29. The second-order valence-corrected chi connectivity index (χ2v) is 12.4. The van der Waals surface area contributed by atoms with Crippen molar-refractivity contribution >= 4 is 23.6 Å². The van der Waals surface area contributed by atoms with Gasteiger partial charge in [-0.05, 0) is 68.8 Å². The number of hydrogen-bond donors (Lipinski definition) is 4. The van der Waals surface area contributed by atoms with Gasteiger partial charge in [0.1, 0.15) is 0 Å². The molecule has 12 heteroatoms. The van der Waals surface area contributed by atoms with Crippen LogP contribution in [0.5, 0.6) is 0 Å². The predicted molar refractivity (Wildman–Crippen MR) is 195 cm³/mol. The van der Waals surface area contributed by atoms with Gasteiger partial charge < -0.3 is 40.2 Å². The average Bonchev–Trinajstić information content (AvgIpc) is 3.17. The van der Waals surface area contributed by atoms with Crippen LogP contribution in [-0.2, 0) is 38.1 Å². The van der Waals surface area contributed by atoms with Gasteiger partial charge in [0, 0.05) is 28.4 Å².